The fourth-order valence-corrected chi connectivity index (χ4v) is 4.72. The second kappa shape index (κ2) is 9.85. The molecule has 3 fully saturated rings. The van der Waals surface area contributed by atoms with E-state index >= 15 is 0 Å². The molecule has 1 amide bonds. The lowest BCUT2D eigenvalue weighted by Crippen LogP contribution is -2.50. The molecule has 2 atom stereocenters. The van der Waals surface area contributed by atoms with Crippen LogP contribution in [0.15, 0.2) is 12.3 Å². The normalized spacial score (nSPS) is 27.9. The third-order valence-electron chi connectivity index (χ3n) is 6.68. The van der Waals surface area contributed by atoms with Crippen molar-refractivity contribution in [3.8, 4) is 0 Å². The van der Waals surface area contributed by atoms with Gasteiger partial charge in [-0.15, -0.1) is 0 Å². The van der Waals surface area contributed by atoms with E-state index in [-0.39, 0.29) is 11.8 Å². The van der Waals surface area contributed by atoms with Crippen LogP contribution < -0.4 is 10.6 Å². The van der Waals surface area contributed by atoms with Crippen molar-refractivity contribution < 1.29 is 9.53 Å². The quantitative estimate of drug-likeness (QED) is 0.658. The van der Waals surface area contributed by atoms with Crippen molar-refractivity contribution in [2.24, 2.45) is 5.92 Å². The van der Waals surface area contributed by atoms with Crippen molar-refractivity contribution >= 4 is 5.91 Å². The lowest BCUT2D eigenvalue weighted by Gasteiger charge is -2.38. The van der Waals surface area contributed by atoms with Crippen LogP contribution in [-0.2, 0) is 16.0 Å². The number of hydrogen-bond acceptors (Lipinski definition) is 5. The predicted molar refractivity (Wildman–Crippen MR) is 108 cm³/mol. The second-order valence-corrected chi connectivity index (χ2v) is 8.69. The standard InChI is InChI=1S/C21H35N5O2/c27-21(22-10-6-18-7-11-23-25-18)16-4-5-19(24-17-2-1-3-17)15-26(14-16)20-8-12-28-13-9-20/h7,11,16-17,19-20,24H,1-6,8-10,12-15H2,(H,22,27)(H,23,25)/t16-,19+/m1/s1. The number of hydrogen-bond donors (Lipinski definition) is 3. The summed E-state index contributed by atoms with van der Waals surface area (Å²) in [4.78, 5) is 15.5. The Morgan fingerprint density at radius 1 is 1.14 bits per heavy atom. The highest BCUT2D eigenvalue weighted by atomic mass is 16.5. The number of nitrogens with zero attached hydrogens (tertiary/aromatic N) is 2. The molecule has 0 bridgehead atoms. The molecule has 1 aliphatic carbocycles. The fourth-order valence-electron chi connectivity index (χ4n) is 4.72. The van der Waals surface area contributed by atoms with Crippen LogP contribution in [0.4, 0.5) is 0 Å². The smallest absolute Gasteiger partial charge is 0.224 e. The molecular formula is C21H35N5O2. The molecule has 3 N–H and O–H groups in total. The third kappa shape index (κ3) is 5.33. The van der Waals surface area contributed by atoms with Crippen LogP contribution in [0.3, 0.4) is 0 Å². The van der Waals surface area contributed by atoms with Gasteiger partial charge in [-0.25, -0.2) is 0 Å². The molecule has 0 unspecified atom stereocenters. The molecule has 0 radical (unpaired) electrons. The van der Waals surface area contributed by atoms with Gasteiger partial charge in [-0.2, -0.15) is 5.10 Å². The summed E-state index contributed by atoms with van der Waals surface area (Å²) < 4.78 is 5.57. The second-order valence-electron chi connectivity index (χ2n) is 8.69. The maximum absolute atomic E-state index is 12.9. The number of rotatable bonds is 7. The van der Waals surface area contributed by atoms with Crippen LogP contribution in [0.2, 0.25) is 0 Å². The summed E-state index contributed by atoms with van der Waals surface area (Å²) in [6.07, 6.45) is 10.8. The molecule has 2 saturated heterocycles. The minimum Gasteiger partial charge on any atom is -0.381 e. The molecule has 1 aromatic heterocycles. The summed E-state index contributed by atoms with van der Waals surface area (Å²) in [7, 11) is 0. The topological polar surface area (TPSA) is 82.3 Å². The van der Waals surface area contributed by atoms with E-state index in [1.54, 1.807) is 6.20 Å². The Hall–Kier alpha value is -1.44. The van der Waals surface area contributed by atoms with Gasteiger partial charge in [0.1, 0.15) is 0 Å². The Bertz CT molecular complexity index is 598. The zero-order valence-electron chi connectivity index (χ0n) is 16.9. The fraction of sp³-hybridized carbons (Fsp3) is 0.810. The predicted octanol–water partition coefficient (Wildman–Crippen LogP) is 1.47. The van der Waals surface area contributed by atoms with Crippen LogP contribution in [0, 0.1) is 5.92 Å². The Kier molecular flexibility index (Phi) is 6.99. The van der Waals surface area contributed by atoms with E-state index in [1.807, 2.05) is 6.07 Å². The molecule has 28 heavy (non-hydrogen) atoms. The molecule has 2 aliphatic heterocycles. The van der Waals surface area contributed by atoms with E-state index in [0.717, 1.165) is 64.1 Å². The van der Waals surface area contributed by atoms with E-state index in [4.69, 9.17) is 4.74 Å². The molecule has 1 aromatic rings. The number of ether oxygens (including phenoxy) is 1. The first kappa shape index (κ1) is 19.9. The average molecular weight is 390 g/mol. The molecule has 0 aromatic carbocycles. The first-order valence-corrected chi connectivity index (χ1v) is 11.1. The minimum atomic E-state index is 0.0813. The average Bonchev–Trinajstić information content (AvgIpc) is 3.11. The molecule has 3 aliphatic rings. The van der Waals surface area contributed by atoms with Gasteiger partial charge in [0, 0.05) is 69.3 Å². The van der Waals surface area contributed by atoms with Crippen molar-refractivity contribution in [3.05, 3.63) is 18.0 Å². The van der Waals surface area contributed by atoms with E-state index in [9.17, 15) is 4.79 Å². The first-order chi connectivity index (χ1) is 13.8. The molecular weight excluding hydrogens is 354 g/mol. The van der Waals surface area contributed by atoms with Crippen molar-refractivity contribution in [2.75, 3.05) is 32.8 Å². The van der Waals surface area contributed by atoms with E-state index in [1.165, 1.54) is 19.3 Å². The van der Waals surface area contributed by atoms with Crippen LogP contribution in [0.5, 0.6) is 0 Å². The number of carbonyl (C=O) groups is 1. The van der Waals surface area contributed by atoms with Gasteiger partial charge < -0.3 is 15.4 Å². The number of aromatic nitrogens is 2. The molecule has 156 valence electrons. The van der Waals surface area contributed by atoms with Gasteiger partial charge in [0.05, 0.1) is 5.92 Å². The van der Waals surface area contributed by atoms with Crippen molar-refractivity contribution in [1.29, 1.82) is 0 Å². The number of carbonyl (C=O) groups excluding carboxylic acids is 1. The minimum absolute atomic E-state index is 0.0813. The Morgan fingerprint density at radius 2 is 2.00 bits per heavy atom. The Labute approximate surface area is 168 Å². The molecule has 3 heterocycles. The van der Waals surface area contributed by atoms with Crippen LogP contribution in [0.1, 0.15) is 50.6 Å². The van der Waals surface area contributed by atoms with E-state index in [0.29, 0.717) is 24.7 Å². The monoisotopic (exact) mass is 389 g/mol. The summed E-state index contributed by atoms with van der Waals surface area (Å²) in [5, 5.41) is 14.0. The summed E-state index contributed by atoms with van der Waals surface area (Å²) in [5.41, 5.74) is 1.06. The zero-order chi connectivity index (χ0) is 19.2. The Morgan fingerprint density at radius 3 is 2.71 bits per heavy atom. The number of nitrogens with one attached hydrogen (secondary N) is 3. The van der Waals surface area contributed by atoms with Crippen molar-refractivity contribution in [2.45, 2.75) is 69.5 Å². The van der Waals surface area contributed by atoms with Gasteiger partial charge in [-0.1, -0.05) is 6.42 Å². The van der Waals surface area contributed by atoms with Crippen LogP contribution >= 0.6 is 0 Å². The van der Waals surface area contributed by atoms with Gasteiger partial charge >= 0.3 is 0 Å². The van der Waals surface area contributed by atoms with E-state index in [2.05, 4.69) is 25.7 Å². The van der Waals surface area contributed by atoms with Gasteiger partial charge in [-0.05, 0) is 44.6 Å². The summed E-state index contributed by atoms with van der Waals surface area (Å²) >= 11 is 0. The Balaban J connectivity index is 1.33. The summed E-state index contributed by atoms with van der Waals surface area (Å²) in [6, 6.07) is 3.72. The van der Waals surface area contributed by atoms with Gasteiger partial charge in [0.2, 0.25) is 5.91 Å². The lowest BCUT2D eigenvalue weighted by molar-refractivity contribution is -0.125. The first-order valence-electron chi connectivity index (χ1n) is 11.1. The number of H-pyrrole nitrogens is 1. The number of aromatic amines is 1. The highest BCUT2D eigenvalue weighted by Gasteiger charge is 2.33. The van der Waals surface area contributed by atoms with Gasteiger partial charge in [0.15, 0.2) is 0 Å². The van der Waals surface area contributed by atoms with Crippen LogP contribution in [0.25, 0.3) is 0 Å². The van der Waals surface area contributed by atoms with Crippen molar-refractivity contribution in [1.82, 2.24) is 25.7 Å². The molecule has 7 nitrogen and oxygen atoms in total. The third-order valence-corrected chi connectivity index (χ3v) is 6.68. The largest absolute Gasteiger partial charge is 0.381 e. The maximum Gasteiger partial charge on any atom is 0.224 e. The zero-order valence-corrected chi connectivity index (χ0v) is 16.9. The molecule has 0 spiro atoms. The molecule has 7 heteroatoms. The summed E-state index contributed by atoms with van der Waals surface area (Å²) in [6.45, 7) is 4.31. The highest BCUT2D eigenvalue weighted by Crippen LogP contribution is 2.25. The highest BCUT2D eigenvalue weighted by molar-refractivity contribution is 5.78. The van der Waals surface area contributed by atoms with Crippen molar-refractivity contribution in [3.63, 3.8) is 0 Å². The van der Waals surface area contributed by atoms with Gasteiger partial charge in [0.25, 0.3) is 0 Å². The molecule has 1 saturated carbocycles. The number of amides is 1. The van der Waals surface area contributed by atoms with E-state index < -0.39 is 0 Å². The van der Waals surface area contributed by atoms with Gasteiger partial charge in [-0.3, -0.25) is 14.8 Å². The SMILES string of the molecule is O=C(NCCc1ccn[nH]1)[C@@H]1CC[C@H](NC2CCC2)CN(C2CCOCC2)C1. The summed E-state index contributed by atoms with van der Waals surface area (Å²) in [5.74, 6) is 0.290. The molecule has 4 rings (SSSR count). The maximum atomic E-state index is 12.9. The lowest BCUT2D eigenvalue weighted by atomic mass is 9.91. The number of likely N-dealkylation sites (tertiary alicyclic amines) is 1. The van der Waals surface area contributed by atoms with Crippen LogP contribution in [-0.4, -0.2) is 72.0 Å².